The molecule has 0 aliphatic carbocycles. The first-order valence-electron chi connectivity index (χ1n) is 6.44. The normalized spacial score (nSPS) is 19.3. The van der Waals surface area contributed by atoms with Gasteiger partial charge in [0.2, 0.25) is 5.91 Å². The molecule has 1 fully saturated rings. The zero-order valence-electron chi connectivity index (χ0n) is 10.9. The van der Waals surface area contributed by atoms with E-state index in [0.717, 1.165) is 39.3 Å². The van der Waals surface area contributed by atoms with Gasteiger partial charge in [-0.05, 0) is 18.9 Å². The van der Waals surface area contributed by atoms with Gasteiger partial charge in [-0.2, -0.15) is 0 Å². The molecule has 1 rings (SSSR count). The number of nitrogens with two attached hydrogens (primary N) is 1. The van der Waals surface area contributed by atoms with Gasteiger partial charge < -0.3 is 15.8 Å². The third-order valence-corrected chi connectivity index (χ3v) is 3.08. The fourth-order valence-corrected chi connectivity index (χ4v) is 1.76. The molecule has 0 radical (unpaired) electrons. The molecule has 17 heavy (non-hydrogen) atoms. The second-order valence-corrected chi connectivity index (χ2v) is 4.87. The maximum absolute atomic E-state index is 11.6. The molecule has 3 N–H and O–H groups in total. The van der Waals surface area contributed by atoms with Crippen LogP contribution in [0, 0.1) is 5.92 Å². The smallest absolute Gasteiger partial charge is 0.237 e. The van der Waals surface area contributed by atoms with Gasteiger partial charge >= 0.3 is 0 Å². The van der Waals surface area contributed by atoms with Crippen molar-refractivity contribution in [2.45, 2.75) is 26.3 Å². The fourth-order valence-electron chi connectivity index (χ4n) is 1.76. The van der Waals surface area contributed by atoms with E-state index in [4.69, 9.17) is 10.5 Å². The predicted molar refractivity (Wildman–Crippen MR) is 67.7 cm³/mol. The maximum atomic E-state index is 11.6. The van der Waals surface area contributed by atoms with E-state index in [1.165, 1.54) is 0 Å². The lowest BCUT2D eigenvalue weighted by Crippen LogP contribution is -2.45. The van der Waals surface area contributed by atoms with Crippen molar-refractivity contribution in [2.24, 2.45) is 11.7 Å². The first kappa shape index (κ1) is 14.4. The Hall–Kier alpha value is -0.650. The fraction of sp³-hybridized carbons (Fsp3) is 0.917. The molecule has 1 aliphatic heterocycles. The number of carbonyl (C=O) groups is 1. The first-order valence-corrected chi connectivity index (χ1v) is 6.44. The van der Waals surface area contributed by atoms with Crippen molar-refractivity contribution in [3.05, 3.63) is 0 Å². The molecule has 5 heteroatoms. The van der Waals surface area contributed by atoms with Crippen LogP contribution in [0.15, 0.2) is 0 Å². The molecule has 0 aromatic rings. The maximum Gasteiger partial charge on any atom is 0.237 e. The highest BCUT2D eigenvalue weighted by atomic mass is 16.5. The first-order chi connectivity index (χ1) is 8.11. The number of morpholine rings is 1. The van der Waals surface area contributed by atoms with E-state index >= 15 is 0 Å². The summed E-state index contributed by atoms with van der Waals surface area (Å²) in [5.41, 5.74) is 5.75. The lowest BCUT2D eigenvalue weighted by atomic mass is 10.1. The zero-order valence-corrected chi connectivity index (χ0v) is 10.9. The number of hydrogen-bond donors (Lipinski definition) is 2. The molecule has 0 spiro atoms. The van der Waals surface area contributed by atoms with Crippen LogP contribution in [0.3, 0.4) is 0 Å². The van der Waals surface area contributed by atoms with Gasteiger partial charge in [0.05, 0.1) is 19.3 Å². The molecule has 5 nitrogen and oxygen atoms in total. The van der Waals surface area contributed by atoms with Crippen LogP contribution in [0.4, 0.5) is 0 Å². The Morgan fingerprint density at radius 1 is 1.41 bits per heavy atom. The summed E-state index contributed by atoms with van der Waals surface area (Å²) in [4.78, 5) is 13.9. The number of ether oxygens (including phenoxy) is 1. The molecule has 1 unspecified atom stereocenters. The Labute approximate surface area is 104 Å². The summed E-state index contributed by atoms with van der Waals surface area (Å²) in [6.07, 6.45) is 0.969. The molecule has 0 aromatic carbocycles. The Morgan fingerprint density at radius 2 is 2.06 bits per heavy atom. The summed E-state index contributed by atoms with van der Waals surface area (Å²) in [5.74, 6) is 0.149. The average molecular weight is 243 g/mol. The highest BCUT2D eigenvalue weighted by molar-refractivity contribution is 5.81. The monoisotopic (exact) mass is 243 g/mol. The molecule has 1 aliphatic rings. The van der Waals surface area contributed by atoms with Gasteiger partial charge in [0.15, 0.2) is 0 Å². The van der Waals surface area contributed by atoms with Gasteiger partial charge in [-0.25, -0.2) is 0 Å². The van der Waals surface area contributed by atoms with Gasteiger partial charge in [0.25, 0.3) is 0 Å². The highest BCUT2D eigenvalue weighted by Crippen LogP contribution is 1.99. The van der Waals surface area contributed by atoms with E-state index in [1.54, 1.807) is 0 Å². The van der Waals surface area contributed by atoms with Crippen molar-refractivity contribution in [2.75, 3.05) is 39.4 Å². The Balaban J connectivity index is 2.05. The molecular formula is C12H25N3O2. The number of amides is 1. The number of carbonyl (C=O) groups excluding carboxylic acids is 1. The van der Waals surface area contributed by atoms with Crippen molar-refractivity contribution >= 4 is 5.91 Å². The number of nitrogens with one attached hydrogen (secondary N) is 1. The van der Waals surface area contributed by atoms with Gasteiger partial charge in [0.1, 0.15) is 0 Å². The van der Waals surface area contributed by atoms with Crippen molar-refractivity contribution < 1.29 is 9.53 Å². The van der Waals surface area contributed by atoms with E-state index in [1.807, 2.05) is 13.8 Å². The van der Waals surface area contributed by atoms with E-state index in [0.29, 0.717) is 6.54 Å². The molecule has 1 atom stereocenters. The minimum Gasteiger partial charge on any atom is -0.379 e. The molecule has 100 valence electrons. The molecule has 0 aromatic heterocycles. The predicted octanol–water partition coefficient (Wildman–Crippen LogP) is -0.192. The quantitative estimate of drug-likeness (QED) is 0.634. The van der Waals surface area contributed by atoms with Crippen LogP contribution < -0.4 is 11.1 Å². The summed E-state index contributed by atoms with van der Waals surface area (Å²) < 4.78 is 5.27. The van der Waals surface area contributed by atoms with Crippen LogP contribution >= 0.6 is 0 Å². The van der Waals surface area contributed by atoms with Crippen LogP contribution in [0.1, 0.15) is 20.3 Å². The van der Waals surface area contributed by atoms with Crippen LogP contribution in [0.25, 0.3) is 0 Å². The van der Waals surface area contributed by atoms with Gasteiger partial charge in [-0.15, -0.1) is 0 Å². The zero-order chi connectivity index (χ0) is 12.7. The SMILES string of the molecule is CC(C)C(N)C(=O)NCCCN1CCOCC1. The Bertz CT molecular complexity index is 228. The van der Waals surface area contributed by atoms with Crippen molar-refractivity contribution in [3.8, 4) is 0 Å². The summed E-state index contributed by atoms with van der Waals surface area (Å²) >= 11 is 0. The number of nitrogens with zero attached hydrogens (tertiary/aromatic N) is 1. The lowest BCUT2D eigenvalue weighted by molar-refractivity contribution is -0.123. The van der Waals surface area contributed by atoms with E-state index in [-0.39, 0.29) is 11.8 Å². The third-order valence-electron chi connectivity index (χ3n) is 3.08. The average Bonchev–Trinajstić information content (AvgIpc) is 2.34. The molecule has 1 saturated heterocycles. The van der Waals surface area contributed by atoms with Crippen molar-refractivity contribution in [1.29, 1.82) is 0 Å². The van der Waals surface area contributed by atoms with E-state index in [9.17, 15) is 4.79 Å². The second kappa shape index (κ2) is 7.63. The van der Waals surface area contributed by atoms with Gasteiger partial charge in [0, 0.05) is 19.6 Å². The minimum absolute atomic E-state index is 0.0398. The largest absolute Gasteiger partial charge is 0.379 e. The molecule has 0 bridgehead atoms. The molecule has 1 amide bonds. The standard InChI is InChI=1S/C12H25N3O2/c1-10(2)11(13)12(16)14-4-3-5-15-6-8-17-9-7-15/h10-11H,3-9,13H2,1-2H3,(H,14,16). The van der Waals surface area contributed by atoms with Crippen LogP contribution in [0.2, 0.25) is 0 Å². The van der Waals surface area contributed by atoms with Crippen LogP contribution in [0.5, 0.6) is 0 Å². The summed E-state index contributed by atoms with van der Waals surface area (Å²) in [6.45, 7) is 9.28. The third kappa shape index (κ3) is 5.48. The molecule has 0 saturated carbocycles. The minimum atomic E-state index is -0.390. The number of hydrogen-bond acceptors (Lipinski definition) is 4. The summed E-state index contributed by atoms with van der Waals surface area (Å²) in [6, 6.07) is -0.390. The Morgan fingerprint density at radius 3 is 2.65 bits per heavy atom. The van der Waals surface area contributed by atoms with Gasteiger partial charge in [-0.3, -0.25) is 9.69 Å². The lowest BCUT2D eigenvalue weighted by Gasteiger charge is -2.26. The summed E-state index contributed by atoms with van der Waals surface area (Å²) in [7, 11) is 0. The van der Waals surface area contributed by atoms with Gasteiger partial charge in [-0.1, -0.05) is 13.8 Å². The van der Waals surface area contributed by atoms with Crippen molar-refractivity contribution in [1.82, 2.24) is 10.2 Å². The summed E-state index contributed by atoms with van der Waals surface area (Å²) in [5, 5.41) is 2.88. The van der Waals surface area contributed by atoms with Crippen LogP contribution in [-0.2, 0) is 9.53 Å². The topological polar surface area (TPSA) is 67.6 Å². The Kier molecular flexibility index (Phi) is 6.47. The highest BCUT2D eigenvalue weighted by Gasteiger charge is 2.16. The molecule has 1 heterocycles. The number of rotatable bonds is 6. The van der Waals surface area contributed by atoms with E-state index < -0.39 is 6.04 Å². The van der Waals surface area contributed by atoms with E-state index in [2.05, 4.69) is 10.2 Å². The van der Waals surface area contributed by atoms with Crippen molar-refractivity contribution in [3.63, 3.8) is 0 Å². The molecular weight excluding hydrogens is 218 g/mol. The van der Waals surface area contributed by atoms with Crippen LogP contribution in [-0.4, -0.2) is 56.2 Å². The second-order valence-electron chi connectivity index (χ2n) is 4.87.